The van der Waals surface area contributed by atoms with Crippen LogP contribution in [0.3, 0.4) is 0 Å². The minimum atomic E-state index is -0.478. The van der Waals surface area contributed by atoms with Crippen LogP contribution in [0.15, 0.2) is 16.6 Å². The zero-order chi connectivity index (χ0) is 17.2. The van der Waals surface area contributed by atoms with E-state index in [1.165, 1.54) is 0 Å². The summed E-state index contributed by atoms with van der Waals surface area (Å²) in [5.41, 5.74) is -0.478. The monoisotopic (exact) mass is 385 g/mol. The number of amides is 1. The van der Waals surface area contributed by atoms with E-state index in [1.54, 1.807) is 12.0 Å². The van der Waals surface area contributed by atoms with Gasteiger partial charge in [-0.1, -0.05) is 0 Å². The molecule has 6 nitrogen and oxygen atoms in total. The first-order valence-corrected chi connectivity index (χ1v) is 8.45. The third-order valence-corrected chi connectivity index (χ3v) is 4.18. The molecule has 0 aromatic carbocycles. The van der Waals surface area contributed by atoms with E-state index in [9.17, 15) is 4.79 Å². The Kier molecular flexibility index (Phi) is 5.39. The molecule has 1 aromatic rings. The number of carbonyl (C=O) groups excluding carboxylic acids is 1. The molecule has 2 heterocycles. The molecule has 0 bridgehead atoms. The lowest BCUT2D eigenvalue weighted by Gasteiger charge is -2.40. The number of pyridine rings is 1. The number of hydrogen-bond donors (Lipinski definition) is 0. The minimum Gasteiger partial charge on any atom is -0.480 e. The number of ether oxygens (including phenoxy) is 2. The molecule has 1 fully saturated rings. The average Bonchev–Trinajstić information content (AvgIpc) is 2.45. The van der Waals surface area contributed by atoms with Crippen LogP contribution in [0, 0.1) is 0 Å². The Bertz CT molecular complexity index is 574. The van der Waals surface area contributed by atoms with Crippen molar-refractivity contribution in [1.29, 1.82) is 0 Å². The fraction of sp³-hybridized carbons (Fsp3) is 0.625. The molecule has 1 aliphatic heterocycles. The van der Waals surface area contributed by atoms with Crippen molar-refractivity contribution in [3.8, 4) is 5.88 Å². The first-order valence-electron chi connectivity index (χ1n) is 7.66. The van der Waals surface area contributed by atoms with Crippen LogP contribution < -0.4 is 9.64 Å². The second-order valence-corrected chi connectivity index (χ2v) is 7.48. The fourth-order valence-electron chi connectivity index (χ4n) is 2.49. The Balaban J connectivity index is 2.05. The molecule has 23 heavy (non-hydrogen) atoms. The van der Waals surface area contributed by atoms with E-state index in [2.05, 4.69) is 25.8 Å². The molecule has 128 valence electrons. The van der Waals surface area contributed by atoms with Gasteiger partial charge < -0.3 is 19.3 Å². The number of anilines is 1. The molecule has 1 atom stereocenters. The maximum Gasteiger partial charge on any atom is 0.410 e. The lowest BCUT2D eigenvalue weighted by atomic mass is 10.2. The number of nitrogens with zero attached hydrogens (tertiary/aromatic N) is 3. The molecule has 2 rings (SSSR count). The van der Waals surface area contributed by atoms with Crippen LogP contribution in [0.4, 0.5) is 10.6 Å². The molecule has 0 saturated carbocycles. The third-order valence-electron chi connectivity index (χ3n) is 3.57. The van der Waals surface area contributed by atoms with Gasteiger partial charge in [-0.15, -0.1) is 0 Å². The van der Waals surface area contributed by atoms with Gasteiger partial charge in [0.25, 0.3) is 0 Å². The molecule has 0 N–H and O–H groups in total. The summed E-state index contributed by atoms with van der Waals surface area (Å²) in [6.45, 7) is 9.68. The van der Waals surface area contributed by atoms with Crippen molar-refractivity contribution in [3.63, 3.8) is 0 Å². The maximum atomic E-state index is 12.3. The lowest BCUT2D eigenvalue weighted by Crippen LogP contribution is -2.55. The summed E-state index contributed by atoms with van der Waals surface area (Å²) in [5, 5.41) is 0. The number of rotatable bonds is 2. The summed E-state index contributed by atoms with van der Waals surface area (Å²) in [5.74, 6) is 1.41. The van der Waals surface area contributed by atoms with Gasteiger partial charge >= 0.3 is 6.09 Å². The Morgan fingerprint density at radius 2 is 2.04 bits per heavy atom. The van der Waals surface area contributed by atoms with Gasteiger partial charge in [-0.2, -0.15) is 4.98 Å². The third kappa shape index (κ3) is 4.50. The largest absolute Gasteiger partial charge is 0.480 e. The Morgan fingerprint density at radius 3 is 2.61 bits per heavy atom. The highest BCUT2D eigenvalue weighted by molar-refractivity contribution is 9.10. The molecule has 1 saturated heterocycles. The lowest BCUT2D eigenvalue weighted by molar-refractivity contribution is 0.0158. The number of carbonyl (C=O) groups is 1. The van der Waals surface area contributed by atoms with Gasteiger partial charge in [-0.05, 0) is 55.8 Å². The average molecular weight is 386 g/mol. The molecule has 0 spiro atoms. The highest BCUT2D eigenvalue weighted by Gasteiger charge is 2.31. The van der Waals surface area contributed by atoms with Crippen LogP contribution in [-0.4, -0.2) is 54.4 Å². The van der Waals surface area contributed by atoms with E-state index >= 15 is 0 Å². The first kappa shape index (κ1) is 17.8. The van der Waals surface area contributed by atoms with E-state index < -0.39 is 5.60 Å². The van der Waals surface area contributed by atoms with E-state index in [-0.39, 0.29) is 12.1 Å². The zero-order valence-corrected chi connectivity index (χ0v) is 15.9. The molecule has 0 unspecified atom stereocenters. The van der Waals surface area contributed by atoms with Crippen LogP contribution in [-0.2, 0) is 4.74 Å². The summed E-state index contributed by atoms with van der Waals surface area (Å²) in [6, 6.07) is 3.92. The number of halogens is 1. The van der Waals surface area contributed by atoms with Gasteiger partial charge in [0, 0.05) is 25.7 Å². The topological polar surface area (TPSA) is 54.9 Å². The fourth-order valence-corrected chi connectivity index (χ4v) is 2.87. The van der Waals surface area contributed by atoms with Gasteiger partial charge in [0.05, 0.1) is 11.6 Å². The van der Waals surface area contributed by atoms with Crippen molar-refractivity contribution >= 4 is 27.8 Å². The molecule has 0 radical (unpaired) electrons. The van der Waals surface area contributed by atoms with Gasteiger partial charge in [0.2, 0.25) is 5.88 Å². The van der Waals surface area contributed by atoms with Gasteiger partial charge in [-0.25, -0.2) is 4.79 Å². The van der Waals surface area contributed by atoms with Crippen molar-refractivity contribution in [2.45, 2.75) is 39.3 Å². The van der Waals surface area contributed by atoms with E-state index in [4.69, 9.17) is 9.47 Å². The smallest absolute Gasteiger partial charge is 0.410 e. The van der Waals surface area contributed by atoms with E-state index in [1.807, 2.05) is 39.8 Å². The summed E-state index contributed by atoms with van der Waals surface area (Å²) >= 11 is 3.41. The minimum absolute atomic E-state index is 0.0510. The molecule has 0 aliphatic carbocycles. The van der Waals surface area contributed by atoms with Crippen LogP contribution in [0.25, 0.3) is 0 Å². The standard InChI is InChI=1S/C16H24BrN3O3/c1-11-10-19(13-7-6-12(17)14(18-13)22-5)8-9-20(11)15(21)23-16(2,3)4/h6-7,11H,8-10H2,1-5H3/t11-/m1/s1. The zero-order valence-electron chi connectivity index (χ0n) is 14.3. The highest BCUT2D eigenvalue weighted by Crippen LogP contribution is 2.27. The van der Waals surface area contributed by atoms with Crippen LogP contribution in [0.5, 0.6) is 5.88 Å². The predicted octanol–water partition coefficient (Wildman–Crippen LogP) is 3.30. The summed E-state index contributed by atoms with van der Waals surface area (Å²) < 4.78 is 11.5. The normalized spacial score (nSPS) is 18.8. The summed E-state index contributed by atoms with van der Waals surface area (Å²) in [4.78, 5) is 20.7. The molecule has 7 heteroatoms. The Hall–Kier alpha value is -1.50. The second kappa shape index (κ2) is 6.95. The van der Waals surface area contributed by atoms with E-state index in [0.29, 0.717) is 25.5 Å². The summed E-state index contributed by atoms with van der Waals surface area (Å²) in [7, 11) is 1.60. The number of piperazine rings is 1. The molecule has 1 aliphatic rings. The second-order valence-electron chi connectivity index (χ2n) is 6.63. The first-order chi connectivity index (χ1) is 10.7. The summed E-state index contributed by atoms with van der Waals surface area (Å²) in [6.07, 6.45) is -0.258. The number of hydrogen-bond acceptors (Lipinski definition) is 5. The van der Waals surface area contributed by atoms with Crippen molar-refractivity contribution < 1.29 is 14.3 Å². The van der Waals surface area contributed by atoms with Crippen molar-refractivity contribution in [3.05, 3.63) is 16.6 Å². The van der Waals surface area contributed by atoms with Crippen molar-refractivity contribution in [1.82, 2.24) is 9.88 Å². The van der Waals surface area contributed by atoms with Crippen molar-refractivity contribution in [2.24, 2.45) is 0 Å². The van der Waals surface area contributed by atoms with Gasteiger partial charge in [0.1, 0.15) is 11.4 Å². The van der Waals surface area contributed by atoms with E-state index in [0.717, 1.165) is 10.3 Å². The van der Waals surface area contributed by atoms with Crippen LogP contribution in [0.1, 0.15) is 27.7 Å². The van der Waals surface area contributed by atoms with Crippen LogP contribution >= 0.6 is 15.9 Å². The Morgan fingerprint density at radius 1 is 1.35 bits per heavy atom. The quantitative estimate of drug-likeness (QED) is 0.781. The molecule has 1 amide bonds. The molecule has 1 aromatic heterocycles. The van der Waals surface area contributed by atoms with Gasteiger partial charge in [0.15, 0.2) is 0 Å². The highest BCUT2D eigenvalue weighted by atomic mass is 79.9. The van der Waals surface area contributed by atoms with Crippen molar-refractivity contribution in [2.75, 3.05) is 31.6 Å². The van der Waals surface area contributed by atoms with Gasteiger partial charge in [-0.3, -0.25) is 0 Å². The Labute approximate surface area is 145 Å². The predicted molar refractivity (Wildman–Crippen MR) is 93.1 cm³/mol. The number of aromatic nitrogens is 1. The maximum absolute atomic E-state index is 12.3. The van der Waals surface area contributed by atoms with Crippen LogP contribution in [0.2, 0.25) is 0 Å². The molecular weight excluding hydrogens is 362 g/mol. The number of methoxy groups -OCH3 is 1. The SMILES string of the molecule is COc1nc(N2CCN(C(=O)OC(C)(C)C)[C@H](C)C2)ccc1Br. The molecular formula is C16H24BrN3O3.